The van der Waals surface area contributed by atoms with Gasteiger partial charge in [-0.2, -0.15) is 0 Å². The number of ketones is 1. The highest BCUT2D eigenvalue weighted by atomic mass is 16.5. The molecule has 0 fully saturated rings. The Hall–Kier alpha value is -3.33. The van der Waals surface area contributed by atoms with E-state index in [1.165, 1.54) is 0 Å². The average Bonchev–Trinajstić information content (AvgIpc) is 3.11. The van der Waals surface area contributed by atoms with E-state index in [1.807, 2.05) is 73.7 Å². The van der Waals surface area contributed by atoms with Crippen molar-refractivity contribution in [2.45, 2.75) is 6.92 Å². The van der Waals surface area contributed by atoms with E-state index in [2.05, 4.69) is 0 Å². The fourth-order valence-electron chi connectivity index (χ4n) is 3.07. The highest BCUT2D eigenvalue weighted by Crippen LogP contribution is 2.30. The number of allylic oxidation sites excluding steroid dienone is 1. The van der Waals surface area contributed by atoms with Gasteiger partial charge in [-0.1, -0.05) is 48.5 Å². The van der Waals surface area contributed by atoms with Crippen LogP contribution in [0.4, 0.5) is 0 Å². The molecular formula is C23H18O3. The van der Waals surface area contributed by atoms with Gasteiger partial charge in [0.1, 0.15) is 11.3 Å². The summed E-state index contributed by atoms with van der Waals surface area (Å²) in [5.41, 5.74) is 1.61. The topological polar surface area (TPSA) is 39.4 Å². The third-order valence-corrected chi connectivity index (χ3v) is 4.30. The number of para-hydroxylation sites is 1. The van der Waals surface area contributed by atoms with Crippen molar-refractivity contribution in [2.24, 2.45) is 0 Å². The minimum absolute atomic E-state index is 0.170. The van der Waals surface area contributed by atoms with E-state index in [4.69, 9.17) is 9.15 Å². The van der Waals surface area contributed by atoms with Crippen LogP contribution >= 0.6 is 0 Å². The van der Waals surface area contributed by atoms with Gasteiger partial charge in [-0.05, 0) is 48.0 Å². The van der Waals surface area contributed by atoms with E-state index < -0.39 is 0 Å². The first-order valence-corrected chi connectivity index (χ1v) is 8.62. The number of fused-ring (bicyclic) bond motifs is 2. The van der Waals surface area contributed by atoms with Gasteiger partial charge in [0.15, 0.2) is 5.76 Å². The molecule has 0 radical (unpaired) electrons. The summed E-state index contributed by atoms with van der Waals surface area (Å²) >= 11 is 0. The normalized spacial score (nSPS) is 11.4. The van der Waals surface area contributed by atoms with Gasteiger partial charge in [-0.15, -0.1) is 0 Å². The molecule has 0 atom stereocenters. The van der Waals surface area contributed by atoms with Crippen molar-refractivity contribution in [3.63, 3.8) is 0 Å². The van der Waals surface area contributed by atoms with Crippen LogP contribution in [0.15, 0.2) is 77.2 Å². The van der Waals surface area contributed by atoms with Crippen LogP contribution in [0.1, 0.15) is 23.0 Å². The quantitative estimate of drug-likeness (QED) is 0.336. The van der Waals surface area contributed by atoms with E-state index in [9.17, 15) is 4.79 Å². The summed E-state index contributed by atoms with van der Waals surface area (Å²) in [5, 5.41) is 3.07. The summed E-state index contributed by atoms with van der Waals surface area (Å²) in [6.45, 7) is 2.51. The van der Waals surface area contributed by atoms with Crippen LogP contribution in [0.5, 0.6) is 5.75 Å². The Bertz CT molecular complexity index is 1090. The molecule has 3 nitrogen and oxygen atoms in total. The molecule has 3 aromatic carbocycles. The second-order valence-electron chi connectivity index (χ2n) is 5.98. The van der Waals surface area contributed by atoms with E-state index in [0.29, 0.717) is 18.0 Å². The van der Waals surface area contributed by atoms with Gasteiger partial charge in [-0.25, -0.2) is 0 Å². The molecule has 1 aromatic heterocycles. The lowest BCUT2D eigenvalue weighted by Gasteiger charge is -2.10. The Morgan fingerprint density at radius 1 is 1.00 bits per heavy atom. The summed E-state index contributed by atoms with van der Waals surface area (Å²) in [5.74, 6) is 0.928. The largest absolute Gasteiger partial charge is 0.493 e. The second kappa shape index (κ2) is 6.89. The number of rotatable bonds is 5. The Morgan fingerprint density at radius 2 is 1.77 bits per heavy atom. The van der Waals surface area contributed by atoms with Crippen LogP contribution in [0.2, 0.25) is 0 Å². The highest BCUT2D eigenvalue weighted by molar-refractivity contribution is 6.08. The number of hydrogen-bond acceptors (Lipinski definition) is 3. The molecule has 0 bridgehead atoms. The second-order valence-corrected chi connectivity index (χ2v) is 5.98. The zero-order valence-electron chi connectivity index (χ0n) is 14.4. The van der Waals surface area contributed by atoms with Gasteiger partial charge in [0.25, 0.3) is 0 Å². The van der Waals surface area contributed by atoms with Gasteiger partial charge in [0, 0.05) is 10.9 Å². The zero-order valence-corrected chi connectivity index (χ0v) is 14.4. The van der Waals surface area contributed by atoms with Gasteiger partial charge < -0.3 is 9.15 Å². The Labute approximate surface area is 151 Å². The summed E-state index contributed by atoms with van der Waals surface area (Å²) in [6, 6.07) is 21.4. The smallest absolute Gasteiger partial charge is 0.221 e. The molecule has 4 aromatic rings. The van der Waals surface area contributed by atoms with E-state index >= 15 is 0 Å². The molecule has 1 heterocycles. The summed E-state index contributed by atoms with van der Waals surface area (Å²) in [6.07, 6.45) is 3.35. The molecule has 0 saturated carbocycles. The summed E-state index contributed by atoms with van der Waals surface area (Å²) in [4.78, 5) is 12.6. The molecule has 3 heteroatoms. The minimum atomic E-state index is -0.170. The van der Waals surface area contributed by atoms with Crippen LogP contribution in [-0.4, -0.2) is 12.4 Å². The standard InChI is InChI=1S/C23H18O3/c1-2-25-22-14-11-16-7-3-5-9-18(16)19(22)12-13-20(24)23-15-17-8-4-6-10-21(17)26-23/h3-15H,2H2,1H3/b13-12+. The van der Waals surface area contributed by atoms with Gasteiger partial charge in [0.2, 0.25) is 5.78 Å². The van der Waals surface area contributed by atoms with Crippen molar-refractivity contribution in [1.29, 1.82) is 0 Å². The summed E-state index contributed by atoms with van der Waals surface area (Å²) in [7, 11) is 0. The lowest BCUT2D eigenvalue weighted by molar-refractivity contribution is 0.102. The maximum absolute atomic E-state index is 12.6. The Kier molecular flexibility index (Phi) is 4.28. The number of benzene rings is 3. The highest BCUT2D eigenvalue weighted by Gasteiger charge is 2.11. The van der Waals surface area contributed by atoms with Gasteiger partial charge >= 0.3 is 0 Å². The first kappa shape index (κ1) is 16.2. The first-order chi connectivity index (χ1) is 12.8. The van der Waals surface area contributed by atoms with Crippen LogP contribution in [-0.2, 0) is 0 Å². The van der Waals surface area contributed by atoms with Crippen molar-refractivity contribution in [3.8, 4) is 5.75 Å². The van der Waals surface area contributed by atoms with Crippen molar-refractivity contribution in [3.05, 3.63) is 84.1 Å². The molecule has 4 rings (SSSR count). The van der Waals surface area contributed by atoms with Crippen molar-refractivity contribution >= 4 is 33.6 Å². The predicted octanol–water partition coefficient (Wildman–Crippen LogP) is 5.88. The Balaban J connectivity index is 1.73. The van der Waals surface area contributed by atoms with Crippen molar-refractivity contribution in [2.75, 3.05) is 6.61 Å². The molecule has 26 heavy (non-hydrogen) atoms. The number of furan rings is 1. The number of ether oxygens (including phenoxy) is 1. The van der Waals surface area contributed by atoms with Crippen molar-refractivity contribution < 1.29 is 13.9 Å². The molecule has 0 saturated heterocycles. The molecule has 0 aliphatic carbocycles. The molecule has 0 unspecified atom stereocenters. The number of carbonyl (C=O) groups is 1. The van der Waals surface area contributed by atoms with Crippen molar-refractivity contribution in [1.82, 2.24) is 0 Å². The molecule has 0 amide bonds. The van der Waals surface area contributed by atoms with Gasteiger partial charge in [0.05, 0.1) is 6.61 Å². The monoisotopic (exact) mass is 342 g/mol. The van der Waals surface area contributed by atoms with Crippen LogP contribution in [0.25, 0.3) is 27.8 Å². The molecule has 0 spiro atoms. The van der Waals surface area contributed by atoms with E-state index in [-0.39, 0.29) is 5.78 Å². The lowest BCUT2D eigenvalue weighted by Crippen LogP contribution is -1.96. The van der Waals surface area contributed by atoms with Gasteiger partial charge in [-0.3, -0.25) is 4.79 Å². The van der Waals surface area contributed by atoms with Crippen LogP contribution < -0.4 is 4.74 Å². The molecule has 0 aliphatic rings. The van der Waals surface area contributed by atoms with Crippen LogP contribution in [0.3, 0.4) is 0 Å². The van der Waals surface area contributed by atoms with Crippen LogP contribution in [0, 0.1) is 0 Å². The molecule has 128 valence electrons. The predicted molar refractivity (Wildman–Crippen MR) is 105 cm³/mol. The molecule has 0 aliphatic heterocycles. The zero-order chi connectivity index (χ0) is 17.9. The maximum atomic E-state index is 12.6. The first-order valence-electron chi connectivity index (χ1n) is 8.62. The van der Waals surface area contributed by atoms with E-state index in [1.54, 1.807) is 12.1 Å². The average molecular weight is 342 g/mol. The summed E-state index contributed by atoms with van der Waals surface area (Å²) < 4.78 is 11.4. The third kappa shape index (κ3) is 3.00. The minimum Gasteiger partial charge on any atom is -0.493 e. The number of carbonyl (C=O) groups excluding carboxylic acids is 1. The lowest BCUT2D eigenvalue weighted by atomic mass is 10.0. The fraction of sp³-hybridized carbons (Fsp3) is 0.0870. The molecular weight excluding hydrogens is 324 g/mol. The Morgan fingerprint density at radius 3 is 2.58 bits per heavy atom. The third-order valence-electron chi connectivity index (χ3n) is 4.30. The van der Waals surface area contributed by atoms with E-state index in [0.717, 1.165) is 27.5 Å². The maximum Gasteiger partial charge on any atom is 0.221 e. The molecule has 0 N–H and O–H groups in total. The number of hydrogen-bond donors (Lipinski definition) is 0. The SMILES string of the molecule is CCOc1ccc2ccccc2c1/C=C/C(=O)c1cc2ccccc2o1. The fourth-order valence-corrected chi connectivity index (χ4v) is 3.07.